The summed E-state index contributed by atoms with van der Waals surface area (Å²) in [7, 11) is 3.50. The first-order valence-corrected chi connectivity index (χ1v) is 3.18. The summed E-state index contributed by atoms with van der Waals surface area (Å²) in [6.07, 6.45) is 0. The smallest absolute Gasteiger partial charge is 0.108 e. The van der Waals surface area contributed by atoms with Crippen molar-refractivity contribution in [2.45, 2.75) is 0 Å². The average Bonchev–Trinajstić information content (AvgIpc) is 2.02. The molecular weight excluding hydrogens is 140 g/mol. The fourth-order valence-electron chi connectivity index (χ4n) is 0.679. The van der Waals surface area contributed by atoms with E-state index in [4.69, 9.17) is 2.74 Å². The Balaban J connectivity index is 3.31. The van der Waals surface area contributed by atoms with Gasteiger partial charge in [0.05, 0.1) is 2.74 Å². The van der Waals surface area contributed by atoms with E-state index in [2.05, 4.69) is 5.18 Å². The Morgan fingerprint density at radius 1 is 1.45 bits per heavy atom. The van der Waals surface area contributed by atoms with Crippen molar-refractivity contribution in [3.8, 4) is 0 Å². The summed E-state index contributed by atoms with van der Waals surface area (Å²) in [4.78, 5) is 11.8. The van der Waals surface area contributed by atoms with Crippen LogP contribution in [0.3, 0.4) is 0 Å². The number of benzene rings is 1. The van der Waals surface area contributed by atoms with Gasteiger partial charge in [-0.05, 0) is 29.4 Å². The lowest BCUT2D eigenvalue weighted by Crippen LogP contribution is -2.07. The van der Waals surface area contributed by atoms with Gasteiger partial charge >= 0.3 is 0 Å². The second-order valence-electron chi connectivity index (χ2n) is 2.34. The van der Waals surface area contributed by atoms with Crippen LogP contribution in [0.5, 0.6) is 0 Å². The zero-order valence-corrected chi connectivity index (χ0v) is 6.46. The monoisotopic (exact) mass is 152 g/mol. The van der Waals surface area contributed by atoms with Crippen LogP contribution in [0.1, 0.15) is 2.74 Å². The Hall–Kier alpha value is -1.38. The first-order chi connectivity index (χ1) is 6.06. The van der Waals surface area contributed by atoms with Crippen molar-refractivity contribution in [1.29, 1.82) is 0 Å². The van der Waals surface area contributed by atoms with E-state index in [9.17, 15) is 4.91 Å². The van der Waals surface area contributed by atoms with Crippen LogP contribution < -0.4 is 4.90 Å². The molecule has 0 unspecified atom stereocenters. The Bertz CT molecular complexity index is 316. The molecule has 1 rings (SSSR count). The van der Waals surface area contributed by atoms with Crippen LogP contribution in [-0.2, 0) is 0 Å². The molecule has 0 saturated carbocycles. The van der Waals surface area contributed by atoms with E-state index in [0.29, 0.717) is 5.69 Å². The highest BCUT2D eigenvalue weighted by molar-refractivity contribution is 5.51. The van der Waals surface area contributed by atoms with E-state index in [1.54, 1.807) is 19.0 Å². The van der Waals surface area contributed by atoms with Gasteiger partial charge in [-0.15, -0.1) is 4.91 Å². The van der Waals surface area contributed by atoms with Gasteiger partial charge in [-0.2, -0.15) is 0 Å². The Kier molecular flexibility index (Phi) is 1.51. The fourth-order valence-corrected chi connectivity index (χ4v) is 0.679. The molecular formula is C8H10N2O. The highest BCUT2D eigenvalue weighted by Crippen LogP contribution is 2.17. The third-order valence-corrected chi connectivity index (χ3v) is 1.27. The molecule has 0 aliphatic rings. The average molecular weight is 152 g/mol. The van der Waals surface area contributed by atoms with E-state index in [1.807, 2.05) is 0 Å². The molecule has 11 heavy (non-hydrogen) atoms. The van der Waals surface area contributed by atoms with Gasteiger partial charge in [-0.1, -0.05) is 0 Å². The minimum atomic E-state index is 0.126. The molecule has 3 heteroatoms. The zero-order chi connectivity index (χ0) is 10.0. The molecule has 58 valence electrons. The van der Waals surface area contributed by atoms with Crippen LogP contribution in [0.2, 0.25) is 0 Å². The second kappa shape index (κ2) is 3.14. The summed E-state index contributed by atoms with van der Waals surface area (Å²) in [5.74, 6) is 0. The highest BCUT2D eigenvalue weighted by Gasteiger charge is 1.93. The molecule has 0 aliphatic carbocycles. The van der Waals surface area contributed by atoms with Crippen LogP contribution in [0.25, 0.3) is 0 Å². The normalized spacial score (nSPS) is 11.8. The third-order valence-electron chi connectivity index (χ3n) is 1.27. The molecule has 0 N–H and O–H groups in total. The molecule has 0 atom stereocenters. The van der Waals surface area contributed by atoms with Crippen molar-refractivity contribution in [2.24, 2.45) is 5.18 Å². The summed E-state index contributed by atoms with van der Waals surface area (Å²) in [6.45, 7) is 0. The Labute approximate surface area is 68.4 Å². The van der Waals surface area contributed by atoms with Crippen molar-refractivity contribution in [1.82, 2.24) is 0 Å². The van der Waals surface area contributed by atoms with Crippen molar-refractivity contribution in [2.75, 3.05) is 19.0 Å². The Morgan fingerprint density at radius 3 is 2.36 bits per heavy atom. The van der Waals surface area contributed by atoms with Gasteiger partial charge in [0.25, 0.3) is 0 Å². The van der Waals surface area contributed by atoms with E-state index in [0.717, 1.165) is 0 Å². The molecule has 1 aromatic carbocycles. The molecule has 0 heterocycles. The summed E-state index contributed by atoms with van der Waals surface area (Å²) in [5, 5.41) is 2.68. The van der Waals surface area contributed by atoms with Gasteiger partial charge in [0.15, 0.2) is 0 Å². The maximum Gasteiger partial charge on any atom is 0.108 e. The van der Waals surface area contributed by atoms with Crippen LogP contribution in [0, 0.1) is 4.91 Å². The quantitative estimate of drug-likeness (QED) is 0.608. The molecule has 0 amide bonds. The first kappa shape index (κ1) is 5.29. The summed E-state index contributed by atoms with van der Waals surface area (Å²) < 4.78 is 15.1. The molecule has 0 bridgehead atoms. The fraction of sp³-hybridized carbons (Fsp3) is 0.250. The van der Waals surface area contributed by atoms with Crippen LogP contribution in [0.15, 0.2) is 29.4 Å². The predicted octanol–water partition coefficient (Wildman–Crippen LogP) is 2.15. The van der Waals surface area contributed by atoms with E-state index in [1.165, 1.54) is 12.1 Å². The minimum Gasteiger partial charge on any atom is -0.378 e. The number of rotatable bonds is 2. The van der Waals surface area contributed by atoms with Crippen molar-refractivity contribution >= 4 is 11.4 Å². The van der Waals surface area contributed by atoms with Crippen molar-refractivity contribution in [3.63, 3.8) is 0 Å². The number of anilines is 1. The van der Waals surface area contributed by atoms with Crippen LogP contribution in [-0.4, -0.2) is 14.1 Å². The topological polar surface area (TPSA) is 32.7 Å². The van der Waals surface area contributed by atoms with Crippen LogP contribution >= 0.6 is 0 Å². The maximum atomic E-state index is 10.2. The predicted molar refractivity (Wildman–Crippen MR) is 46.2 cm³/mol. The van der Waals surface area contributed by atoms with E-state index < -0.39 is 0 Å². The number of hydrogen-bond donors (Lipinski definition) is 0. The van der Waals surface area contributed by atoms with Gasteiger partial charge in [-0.25, -0.2) is 0 Å². The van der Waals surface area contributed by atoms with Gasteiger partial charge in [0, 0.05) is 19.8 Å². The molecule has 1 aromatic rings. The molecule has 0 spiro atoms. The molecule has 3 nitrogen and oxygen atoms in total. The number of hydrogen-bond acceptors (Lipinski definition) is 3. The molecule has 0 aliphatic heterocycles. The standard InChI is InChI=1S/C8H10N2O/c1-10(2)8-5-3-7(9-11)4-6-8/h3-6H,1-2H3/i5D,6D. The van der Waals surface area contributed by atoms with Crippen molar-refractivity contribution in [3.05, 3.63) is 29.1 Å². The van der Waals surface area contributed by atoms with Gasteiger partial charge < -0.3 is 4.90 Å². The molecule has 0 saturated heterocycles. The second-order valence-corrected chi connectivity index (χ2v) is 2.34. The number of nitroso groups, excluding NO2 is 1. The van der Waals surface area contributed by atoms with E-state index in [-0.39, 0.29) is 17.8 Å². The van der Waals surface area contributed by atoms with Crippen LogP contribution in [0.4, 0.5) is 11.4 Å². The van der Waals surface area contributed by atoms with Gasteiger partial charge in [0.1, 0.15) is 5.69 Å². The molecule has 0 radical (unpaired) electrons. The third kappa shape index (κ3) is 1.77. The van der Waals surface area contributed by atoms with Gasteiger partial charge in [-0.3, -0.25) is 0 Å². The zero-order valence-electron chi connectivity index (χ0n) is 8.46. The lowest BCUT2D eigenvalue weighted by molar-refractivity contribution is 1.13. The summed E-state index contributed by atoms with van der Waals surface area (Å²) in [6, 6.07) is 2.99. The van der Waals surface area contributed by atoms with Crippen molar-refractivity contribution < 1.29 is 2.74 Å². The lowest BCUT2D eigenvalue weighted by atomic mass is 10.3. The molecule has 0 fully saturated rings. The van der Waals surface area contributed by atoms with Gasteiger partial charge in [0.2, 0.25) is 0 Å². The number of nitrogens with zero attached hydrogens (tertiary/aromatic N) is 2. The largest absolute Gasteiger partial charge is 0.378 e. The first-order valence-electron chi connectivity index (χ1n) is 4.18. The summed E-state index contributed by atoms with van der Waals surface area (Å²) in [5.41, 5.74) is 0.619. The molecule has 0 aromatic heterocycles. The minimum absolute atomic E-state index is 0.126. The van der Waals surface area contributed by atoms with E-state index >= 15 is 0 Å². The lowest BCUT2D eigenvalue weighted by Gasteiger charge is -2.10. The summed E-state index contributed by atoms with van der Waals surface area (Å²) >= 11 is 0. The highest BCUT2D eigenvalue weighted by atomic mass is 16.3. The maximum absolute atomic E-state index is 10.2. The SMILES string of the molecule is [2H]c1cc(N=O)cc([2H])c1N(C)C. The Morgan fingerprint density at radius 2 is 2.00 bits per heavy atom.